The molecule has 3 heteroatoms. The molecule has 0 radical (unpaired) electrons. The zero-order valence-corrected chi connectivity index (χ0v) is 8.41. The SMILES string of the molecule is CC(C)c1cccc2[nH]c(CO)nc12. The molecule has 2 N–H and O–H groups in total. The molecule has 74 valence electrons. The number of aliphatic hydroxyl groups is 1. The van der Waals surface area contributed by atoms with E-state index in [9.17, 15) is 0 Å². The Labute approximate surface area is 82.8 Å². The second-order valence-corrected chi connectivity index (χ2v) is 3.74. The highest BCUT2D eigenvalue weighted by Gasteiger charge is 2.08. The van der Waals surface area contributed by atoms with Crippen LogP contribution in [0.1, 0.15) is 31.2 Å². The fraction of sp³-hybridized carbons (Fsp3) is 0.364. The smallest absolute Gasteiger partial charge is 0.133 e. The predicted molar refractivity (Wildman–Crippen MR) is 56.1 cm³/mol. The molecule has 0 fully saturated rings. The minimum atomic E-state index is -0.0355. The number of rotatable bonds is 2. The van der Waals surface area contributed by atoms with Crippen molar-refractivity contribution in [2.75, 3.05) is 0 Å². The molecule has 0 atom stereocenters. The number of fused-ring (bicyclic) bond motifs is 1. The second kappa shape index (κ2) is 3.42. The first kappa shape index (κ1) is 9.21. The first-order valence-corrected chi connectivity index (χ1v) is 4.80. The molecule has 2 rings (SSSR count). The highest BCUT2D eigenvalue weighted by atomic mass is 16.3. The van der Waals surface area contributed by atoms with E-state index in [0.717, 1.165) is 11.0 Å². The molecule has 0 amide bonds. The second-order valence-electron chi connectivity index (χ2n) is 3.74. The summed E-state index contributed by atoms with van der Waals surface area (Å²) in [4.78, 5) is 7.43. The summed E-state index contributed by atoms with van der Waals surface area (Å²) in [6.45, 7) is 4.25. The minimum absolute atomic E-state index is 0.0355. The molecule has 1 aromatic heterocycles. The van der Waals surface area contributed by atoms with E-state index in [4.69, 9.17) is 5.11 Å². The van der Waals surface area contributed by atoms with Gasteiger partial charge in [-0.15, -0.1) is 0 Å². The van der Waals surface area contributed by atoms with Gasteiger partial charge in [-0.05, 0) is 17.5 Å². The van der Waals surface area contributed by atoms with Crippen molar-refractivity contribution in [1.29, 1.82) is 0 Å². The van der Waals surface area contributed by atoms with Gasteiger partial charge in [0.05, 0.1) is 11.0 Å². The molecule has 1 aromatic carbocycles. The van der Waals surface area contributed by atoms with Gasteiger partial charge in [0, 0.05) is 0 Å². The summed E-state index contributed by atoms with van der Waals surface area (Å²) in [5.74, 6) is 1.08. The Morgan fingerprint density at radius 2 is 2.21 bits per heavy atom. The molecular formula is C11H14N2O. The Bertz CT molecular complexity index is 445. The standard InChI is InChI=1S/C11H14N2O/c1-7(2)8-4-3-5-9-11(8)13-10(6-14)12-9/h3-5,7,14H,6H2,1-2H3,(H,12,13). The van der Waals surface area contributed by atoms with Gasteiger partial charge in [-0.2, -0.15) is 0 Å². The minimum Gasteiger partial charge on any atom is -0.388 e. The van der Waals surface area contributed by atoms with E-state index >= 15 is 0 Å². The average molecular weight is 190 g/mol. The summed E-state index contributed by atoms with van der Waals surface area (Å²) in [6, 6.07) is 6.07. The highest BCUT2D eigenvalue weighted by molar-refractivity contribution is 5.79. The number of hydrogen-bond acceptors (Lipinski definition) is 2. The van der Waals surface area contributed by atoms with Gasteiger partial charge in [0.2, 0.25) is 0 Å². The van der Waals surface area contributed by atoms with Gasteiger partial charge < -0.3 is 10.1 Å². The van der Waals surface area contributed by atoms with Crippen LogP contribution in [0.15, 0.2) is 18.2 Å². The van der Waals surface area contributed by atoms with Crippen molar-refractivity contribution in [3.63, 3.8) is 0 Å². The third-order valence-electron chi connectivity index (χ3n) is 2.36. The number of aliphatic hydroxyl groups excluding tert-OH is 1. The number of nitrogens with zero attached hydrogens (tertiary/aromatic N) is 1. The Kier molecular flexibility index (Phi) is 2.25. The summed E-state index contributed by atoms with van der Waals surface area (Å²) < 4.78 is 0. The molecule has 2 aromatic rings. The van der Waals surface area contributed by atoms with E-state index in [1.54, 1.807) is 0 Å². The molecule has 0 saturated carbocycles. The lowest BCUT2D eigenvalue weighted by molar-refractivity contribution is 0.273. The van der Waals surface area contributed by atoms with Crippen LogP contribution in [0.25, 0.3) is 11.0 Å². The summed E-state index contributed by atoms with van der Waals surface area (Å²) in [6.07, 6.45) is 0. The first-order valence-electron chi connectivity index (χ1n) is 4.80. The molecule has 0 bridgehead atoms. The Morgan fingerprint density at radius 1 is 1.43 bits per heavy atom. The van der Waals surface area contributed by atoms with E-state index in [1.807, 2.05) is 12.1 Å². The van der Waals surface area contributed by atoms with Crippen LogP contribution in [-0.2, 0) is 6.61 Å². The Morgan fingerprint density at radius 3 is 2.86 bits per heavy atom. The average Bonchev–Trinajstić information content (AvgIpc) is 2.59. The normalized spacial score (nSPS) is 11.4. The van der Waals surface area contributed by atoms with Crippen molar-refractivity contribution < 1.29 is 5.11 Å². The lowest BCUT2D eigenvalue weighted by Crippen LogP contribution is -1.88. The number of aromatic nitrogens is 2. The fourth-order valence-corrected chi connectivity index (χ4v) is 1.65. The van der Waals surface area contributed by atoms with Gasteiger partial charge in [0.25, 0.3) is 0 Å². The molecular weight excluding hydrogens is 176 g/mol. The molecule has 0 unspecified atom stereocenters. The van der Waals surface area contributed by atoms with Gasteiger partial charge in [0.15, 0.2) is 0 Å². The number of nitrogens with one attached hydrogen (secondary N) is 1. The summed E-state index contributed by atoms with van der Waals surface area (Å²) in [7, 11) is 0. The third kappa shape index (κ3) is 1.40. The number of para-hydroxylation sites is 1. The van der Waals surface area contributed by atoms with Gasteiger partial charge >= 0.3 is 0 Å². The van der Waals surface area contributed by atoms with E-state index in [2.05, 4.69) is 29.9 Å². The van der Waals surface area contributed by atoms with Gasteiger partial charge in [0.1, 0.15) is 12.4 Å². The molecule has 14 heavy (non-hydrogen) atoms. The van der Waals surface area contributed by atoms with Crippen LogP contribution in [0.4, 0.5) is 0 Å². The van der Waals surface area contributed by atoms with Crippen LogP contribution in [0.3, 0.4) is 0 Å². The Hall–Kier alpha value is -1.35. The largest absolute Gasteiger partial charge is 0.388 e. The first-order chi connectivity index (χ1) is 6.72. The molecule has 3 nitrogen and oxygen atoms in total. The monoisotopic (exact) mass is 190 g/mol. The summed E-state index contributed by atoms with van der Waals surface area (Å²) in [5, 5.41) is 8.97. The number of imidazole rings is 1. The molecule has 0 saturated heterocycles. The van der Waals surface area contributed by atoms with E-state index in [0.29, 0.717) is 11.7 Å². The Balaban J connectivity index is 2.66. The molecule has 0 spiro atoms. The number of H-pyrrole nitrogens is 1. The topological polar surface area (TPSA) is 48.9 Å². The maximum absolute atomic E-state index is 8.97. The van der Waals surface area contributed by atoms with E-state index in [1.165, 1.54) is 5.56 Å². The highest BCUT2D eigenvalue weighted by Crippen LogP contribution is 2.23. The number of aromatic amines is 1. The lowest BCUT2D eigenvalue weighted by atomic mass is 10.0. The molecule has 1 heterocycles. The lowest BCUT2D eigenvalue weighted by Gasteiger charge is -2.04. The van der Waals surface area contributed by atoms with Gasteiger partial charge in [-0.25, -0.2) is 4.98 Å². The molecule has 0 aliphatic carbocycles. The summed E-state index contributed by atoms with van der Waals surface area (Å²) >= 11 is 0. The van der Waals surface area contributed by atoms with Crippen molar-refractivity contribution in [2.45, 2.75) is 26.4 Å². The van der Waals surface area contributed by atoms with Crippen molar-refractivity contribution >= 4 is 11.0 Å². The van der Waals surface area contributed by atoms with Crippen LogP contribution in [0.5, 0.6) is 0 Å². The third-order valence-corrected chi connectivity index (χ3v) is 2.36. The predicted octanol–water partition coefficient (Wildman–Crippen LogP) is 2.18. The number of hydrogen-bond donors (Lipinski definition) is 2. The van der Waals surface area contributed by atoms with Gasteiger partial charge in [-0.1, -0.05) is 26.0 Å². The zero-order chi connectivity index (χ0) is 10.1. The van der Waals surface area contributed by atoms with Crippen LogP contribution in [0, 0.1) is 0 Å². The van der Waals surface area contributed by atoms with Crippen LogP contribution in [0.2, 0.25) is 0 Å². The van der Waals surface area contributed by atoms with E-state index < -0.39 is 0 Å². The quantitative estimate of drug-likeness (QED) is 0.762. The van der Waals surface area contributed by atoms with E-state index in [-0.39, 0.29) is 6.61 Å². The molecule has 0 aliphatic heterocycles. The van der Waals surface area contributed by atoms with Crippen molar-refractivity contribution in [1.82, 2.24) is 9.97 Å². The van der Waals surface area contributed by atoms with Gasteiger partial charge in [-0.3, -0.25) is 0 Å². The van der Waals surface area contributed by atoms with Crippen LogP contribution >= 0.6 is 0 Å². The maximum Gasteiger partial charge on any atom is 0.133 e. The summed E-state index contributed by atoms with van der Waals surface area (Å²) in [5.41, 5.74) is 3.20. The molecule has 0 aliphatic rings. The van der Waals surface area contributed by atoms with Crippen molar-refractivity contribution in [3.8, 4) is 0 Å². The van der Waals surface area contributed by atoms with Crippen molar-refractivity contribution in [3.05, 3.63) is 29.6 Å². The number of benzene rings is 1. The van der Waals surface area contributed by atoms with Crippen LogP contribution < -0.4 is 0 Å². The maximum atomic E-state index is 8.97. The van der Waals surface area contributed by atoms with Crippen molar-refractivity contribution in [2.24, 2.45) is 0 Å². The zero-order valence-electron chi connectivity index (χ0n) is 8.41. The fourth-order valence-electron chi connectivity index (χ4n) is 1.65. The van der Waals surface area contributed by atoms with Crippen LogP contribution in [-0.4, -0.2) is 15.1 Å².